The average molecular weight is 300 g/mol. The van der Waals surface area contributed by atoms with E-state index in [-0.39, 0.29) is 0 Å². The van der Waals surface area contributed by atoms with Crippen LogP contribution in [0.25, 0.3) is 0 Å². The topological polar surface area (TPSA) is 24.9 Å². The van der Waals surface area contributed by atoms with Gasteiger partial charge in [-0.2, -0.15) is 0 Å². The van der Waals surface area contributed by atoms with Gasteiger partial charge in [-0.05, 0) is 39.2 Å². The van der Waals surface area contributed by atoms with Crippen molar-refractivity contribution in [2.24, 2.45) is 0 Å². The van der Waals surface area contributed by atoms with E-state index in [1.807, 2.05) is 11.3 Å². The Balaban J connectivity index is 1.75. The second kappa shape index (κ2) is 6.29. The molecule has 0 bridgehead atoms. The van der Waals surface area contributed by atoms with Crippen molar-refractivity contribution in [2.45, 2.75) is 52.0 Å². The van der Waals surface area contributed by atoms with E-state index < -0.39 is 0 Å². The average Bonchev–Trinajstić information content (AvgIpc) is 3.23. The maximum atomic E-state index is 4.73. The van der Waals surface area contributed by atoms with Crippen LogP contribution in [0.15, 0.2) is 24.3 Å². The molecule has 0 radical (unpaired) electrons. The van der Waals surface area contributed by atoms with Crippen molar-refractivity contribution in [2.75, 3.05) is 6.54 Å². The lowest BCUT2D eigenvalue weighted by Crippen LogP contribution is -2.24. The number of hydrogen-bond donors (Lipinski definition) is 1. The fourth-order valence-corrected chi connectivity index (χ4v) is 3.59. The lowest BCUT2D eigenvalue weighted by atomic mass is 9.95. The Bertz CT molecular complexity index is 577. The smallest absolute Gasteiger partial charge is 0.0937 e. The molecule has 1 aliphatic carbocycles. The van der Waals surface area contributed by atoms with E-state index in [1.54, 1.807) is 0 Å². The van der Waals surface area contributed by atoms with E-state index in [9.17, 15) is 0 Å². The summed E-state index contributed by atoms with van der Waals surface area (Å²) in [5, 5.41) is 4.96. The standard InChI is InChI=1S/C18H24N2S/c1-12-4-6-15(7-5-12)16(11-19-17-8-9-17)10-18-20-13(2)14(3)21-18/h4-7,16-17,19H,8-11H2,1-3H3. The van der Waals surface area contributed by atoms with Gasteiger partial charge in [0.25, 0.3) is 0 Å². The van der Waals surface area contributed by atoms with Crippen molar-refractivity contribution in [1.29, 1.82) is 0 Å². The minimum Gasteiger partial charge on any atom is -0.313 e. The van der Waals surface area contributed by atoms with Crippen molar-refractivity contribution in [3.8, 4) is 0 Å². The minimum atomic E-state index is 0.524. The van der Waals surface area contributed by atoms with Gasteiger partial charge < -0.3 is 5.32 Å². The number of benzene rings is 1. The van der Waals surface area contributed by atoms with Crippen LogP contribution < -0.4 is 5.32 Å². The van der Waals surface area contributed by atoms with Crippen molar-refractivity contribution in [1.82, 2.24) is 10.3 Å². The minimum absolute atomic E-state index is 0.524. The predicted molar refractivity (Wildman–Crippen MR) is 90.2 cm³/mol. The number of nitrogens with zero attached hydrogens (tertiary/aromatic N) is 1. The summed E-state index contributed by atoms with van der Waals surface area (Å²) >= 11 is 1.85. The molecule has 0 aliphatic heterocycles. The summed E-state index contributed by atoms with van der Waals surface area (Å²) in [7, 11) is 0. The van der Waals surface area contributed by atoms with Crippen LogP contribution in [0.2, 0.25) is 0 Å². The van der Waals surface area contributed by atoms with Crippen LogP contribution in [0.3, 0.4) is 0 Å². The van der Waals surface area contributed by atoms with Crippen LogP contribution in [0, 0.1) is 20.8 Å². The normalized spacial score (nSPS) is 16.1. The molecule has 1 fully saturated rings. The molecule has 112 valence electrons. The molecule has 2 nitrogen and oxygen atoms in total. The van der Waals surface area contributed by atoms with E-state index in [2.05, 4.69) is 50.4 Å². The van der Waals surface area contributed by atoms with E-state index >= 15 is 0 Å². The van der Waals surface area contributed by atoms with Gasteiger partial charge in [-0.1, -0.05) is 29.8 Å². The Kier molecular flexibility index (Phi) is 4.41. The summed E-state index contributed by atoms with van der Waals surface area (Å²) < 4.78 is 0. The highest BCUT2D eigenvalue weighted by atomic mass is 32.1. The molecule has 1 atom stereocenters. The zero-order valence-corrected chi connectivity index (χ0v) is 14.0. The van der Waals surface area contributed by atoms with Gasteiger partial charge in [-0.3, -0.25) is 0 Å². The quantitative estimate of drug-likeness (QED) is 0.867. The summed E-state index contributed by atoms with van der Waals surface area (Å²) in [5.74, 6) is 0.524. The van der Waals surface area contributed by atoms with Crippen LogP contribution in [-0.4, -0.2) is 17.6 Å². The van der Waals surface area contributed by atoms with Gasteiger partial charge in [0.15, 0.2) is 0 Å². The van der Waals surface area contributed by atoms with Crippen molar-refractivity contribution in [3.05, 3.63) is 51.0 Å². The van der Waals surface area contributed by atoms with Gasteiger partial charge in [-0.25, -0.2) is 4.98 Å². The number of nitrogens with one attached hydrogen (secondary N) is 1. The maximum Gasteiger partial charge on any atom is 0.0937 e. The van der Waals surface area contributed by atoms with Gasteiger partial charge in [-0.15, -0.1) is 11.3 Å². The maximum absolute atomic E-state index is 4.73. The highest BCUT2D eigenvalue weighted by Gasteiger charge is 2.23. The first-order chi connectivity index (χ1) is 10.1. The highest BCUT2D eigenvalue weighted by Crippen LogP contribution is 2.27. The number of hydrogen-bond acceptors (Lipinski definition) is 3. The largest absolute Gasteiger partial charge is 0.313 e. The predicted octanol–water partition coefficient (Wildman–Crippen LogP) is 4.15. The van der Waals surface area contributed by atoms with Gasteiger partial charge in [0.1, 0.15) is 0 Å². The number of aromatic nitrogens is 1. The van der Waals surface area contributed by atoms with Crippen LogP contribution in [-0.2, 0) is 6.42 Å². The first-order valence-electron chi connectivity index (χ1n) is 7.84. The van der Waals surface area contributed by atoms with Crippen molar-refractivity contribution < 1.29 is 0 Å². The first-order valence-corrected chi connectivity index (χ1v) is 8.66. The molecule has 1 aromatic heterocycles. The molecule has 1 saturated carbocycles. The van der Waals surface area contributed by atoms with E-state index in [0.29, 0.717) is 5.92 Å². The summed E-state index contributed by atoms with van der Waals surface area (Å²) in [6.07, 6.45) is 3.73. The zero-order chi connectivity index (χ0) is 14.8. The monoisotopic (exact) mass is 300 g/mol. The molecule has 0 saturated heterocycles. The molecule has 21 heavy (non-hydrogen) atoms. The van der Waals surface area contributed by atoms with Gasteiger partial charge in [0.05, 0.1) is 10.7 Å². The molecule has 0 spiro atoms. The third-order valence-electron chi connectivity index (χ3n) is 4.27. The highest BCUT2D eigenvalue weighted by molar-refractivity contribution is 7.11. The summed E-state index contributed by atoms with van der Waals surface area (Å²) in [5.41, 5.74) is 3.95. The number of aryl methyl sites for hydroxylation is 3. The molecule has 2 aromatic rings. The Hall–Kier alpha value is -1.19. The Labute approximate surface area is 131 Å². The SMILES string of the molecule is Cc1ccc(C(CNC2CC2)Cc2nc(C)c(C)s2)cc1. The third kappa shape index (κ3) is 3.92. The summed E-state index contributed by atoms with van der Waals surface area (Å²) in [4.78, 5) is 6.08. The molecule has 1 unspecified atom stereocenters. The fraction of sp³-hybridized carbons (Fsp3) is 0.500. The van der Waals surface area contributed by atoms with Crippen LogP contribution in [0.4, 0.5) is 0 Å². The van der Waals surface area contributed by atoms with Crippen LogP contribution >= 0.6 is 11.3 Å². The lowest BCUT2D eigenvalue weighted by molar-refractivity contribution is 0.576. The van der Waals surface area contributed by atoms with Gasteiger partial charge in [0.2, 0.25) is 0 Å². The number of thiazole rings is 1. The summed E-state index contributed by atoms with van der Waals surface area (Å²) in [6, 6.07) is 9.76. The molecular weight excluding hydrogens is 276 g/mol. The first kappa shape index (κ1) is 14.7. The van der Waals surface area contributed by atoms with Gasteiger partial charge >= 0.3 is 0 Å². The summed E-state index contributed by atoms with van der Waals surface area (Å²) in [6.45, 7) is 7.48. The van der Waals surface area contributed by atoms with E-state index in [0.717, 1.165) is 19.0 Å². The van der Waals surface area contributed by atoms with Crippen LogP contribution in [0.5, 0.6) is 0 Å². The number of rotatable bonds is 6. The molecule has 1 N–H and O–H groups in total. The van der Waals surface area contributed by atoms with Crippen molar-refractivity contribution in [3.63, 3.8) is 0 Å². The molecule has 1 aromatic carbocycles. The molecular formula is C18H24N2S. The Morgan fingerprint density at radius 1 is 1.19 bits per heavy atom. The molecule has 3 rings (SSSR count). The third-order valence-corrected chi connectivity index (χ3v) is 5.37. The van der Waals surface area contributed by atoms with Gasteiger partial charge in [0, 0.05) is 29.8 Å². The molecule has 0 amide bonds. The fourth-order valence-electron chi connectivity index (χ4n) is 2.58. The molecule has 1 heterocycles. The second-order valence-electron chi connectivity index (χ2n) is 6.24. The molecule has 1 aliphatic rings. The van der Waals surface area contributed by atoms with E-state index in [4.69, 9.17) is 4.98 Å². The van der Waals surface area contributed by atoms with Crippen molar-refractivity contribution >= 4 is 11.3 Å². The lowest BCUT2D eigenvalue weighted by Gasteiger charge is -2.17. The second-order valence-corrected chi connectivity index (χ2v) is 7.53. The Morgan fingerprint density at radius 2 is 1.90 bits per heavy atom. The zero-order valence-electron chi connectivity index (χ0n) is 13.1. The van der Waals surface area contributed by atoms with E-state index in [1.165, 1.54) is 39.5 Å². The Morgan fingerprint density at radius 3 is 2.48 bits per heavy atom. The molecule has 3 heteroatoms. The van der Waals surface area contributed by atoms with Crippen LogP contribution in [0.1, 0.15) is 45.5 Å².